The van der Waals surface area contributed by atoms with Crippen LogP contribution in [0.4, 0.5) is 18.0 Å². The summed E-state index contributed by atoms with van der Waals surface area (Å²) in [5, 5.41) is 4.80. The number of carbonyl (C=O) groups is 1. The average Bonchev–Trinajstić information content (AvgIpc) is 2.39. The zero-order valence-electron chi connectivity index (χ0n) is 11.8. The molecule has 1 aliphatic rings. The maximum absolute atomic E-state index is 13.1. The lowest BCUT2D eigenvalue weighted by Crippen LogP contribution is -2.52. The summed E-state index contributed by atoms with van der Waals surface area (Å²) < 4.78 is 44.4. The van der Waals surface area contributed by atoms with Crippen molar-refractivity contribution in [2.24, 2.45) is 0 Å². The number of benzene rings is 1. The fourth-order valence-electron chi connectivity index (χ4n) is 2.24. The first-order chi connectivity index (χ1) is 10.3. The Kier molecular flexibility index (Phi) is 5.18. The summed E-state index contributed by atoms with van der Waals surface area (Å²) in [7, 11) is 1.56. The smallest absolute Gasteiger partial charge is 0.381 e. The second-order valence-electron chi connectivity index (χ2n) is 5.17. The molecule has 0 spiro atoms. The summed E-state index contributed by atoms with van der Waals surface area (Å²) in [6, 6.07) is 2.09. The first-order valence-electron chi connectivity index (χ1n) is 6.71. The fourth-order valence-corrected chi connectivity index (χ4v) is 2.37. The van der Waals surface area contributed by atoms with E-state index in [4.69, 9.17) is 16.3 Å². The van der Waals surface area contributed by atoms with E-state index in [0.717, 1.165) is 0 Å². The summed E-state index contributed by atoms with van der Waals surface area (Å²) in [6.07, 6.45) is -3.34. The average molecular weight is 337 g/mol. The number of methoxy groups -OCH3 is 1. The van der Waals surface area contributed by atoms with Crippen LogP contribution in [-0.2, 0) is 4.74 Å². The summed E-state index contributed by atoms with van der Waals surface area (Å²) in [4.78, 5) is 11.7. The van der Waals surface area contributed by atoms with Gasteiger partial charge in [0.15, 0.2) is 6.04 Å². The SMILES string of the molecule is COC1CC(NC(=O)NC(c2ccc(Cl)cc2)C(F)(F)F)C1. The lowest BCUT2D eigenvalue weighted by molar-refractivity contribution is -0.155. The van der Waals surface area contributed by atoms with Crippen LogP contribution in [0.2, 0.25) is 5.02 Å². The first-order valence-corrected chi connectivity index (χ1v) is 7.09. The summed E-state index contributed by atoms with van der Waals surface area (Å²) in [6.45, 7) is 0. The Labute approximate surface area is 131 Å². The number of carbonyl (C=O) groups excluding carboxylic acids is 1. The van der Waals surface area contributed by atoms with Crippen LogP contribution in [0, 0.1) is 0 Å². The molecule has 0 bridgehead atoms. The van der Waals surface area contributed by atoms with Crippen LogP contribution in [0.1, 0.15) is 24.4 Å². The third kappa shape index (κ3) is 4.27. The molecule has 2 rings (SSSR count). The van der Waals surface area contributed by atoms with Crippen molar-refractivity contribution in [3.63, 3.8) is 0 Å². The molecule has 1 atom stereocenters. The second-order valence-corrected chi connectivity index (χ2v) is 5.61. The van der Waals surface area contributed by atoms with Crippen molar-refractivity contribution < 1.29 is 22.7 Å². The van der Waals surface area contributed by atoms with E-state index >= 15 is 0 Å². The number of amides is 2. The molecule has 1 unspecified atom stereocenters. The molecule has 0 heterocycles. The van der Waals surface area contributed by atoms with Gasteiger partial charge in [-0.3, -0.25) is 0 Å². The lowest BCUT2D eigenvalue weighted by atomic mass is 9.89. The molecule has 22 heavy (non-hydrogen) atoms. The fraction of sp³-hybridized carbons (Fsp3) is 0.500. The number of rotatable bonds is 4. The normalized spacial score (nSPS) is 22.6. The van der Waals surface area contributed by atoms with Crippen molar-refractivity contribution in [1.29, 1.82) is 0 Å². The number of hydrogen-bond donors (Lipinski definition) is 2. The van der Waals surface area contributed by atoms with Gasteiger partial charge in [-0.05, 0) is 30.5 Å². The molecule has 1 saturated carbocycles. The van der Waals surface area contributed by atoms with E-state index in [9.17, 15) is 18.0 Å². The molecule has 1 aliphatic carbocycles. The van der Waals surface area contributed by atoms with Crippen molar-refractivity contribution in [1.82, 2.24) is 10.6 Å². The molecule has 0 aromatic heterocycles. The van der Waals surface area contributed by atoms with E-state index in [1.54, 1.807) is 7.11 Å². The molecule has 1 aromatic carbocycles. The van der Waals surface area contributed by atoms with E-state index in [-0.39, 0.29) is 17.7 Å². The maximum atomic E-state index is 13.1. The molecule has 8 heteroatoms. The third-order valence-corrected chi connectivity index (χ3v) is 3.82. The van der Waals surface area contributed by atoms with E-state index in [0.29, 0.717) is 17.9 Å². The predicted molar refractivity (Wildman–Crippen MR) is 75.7 cm³/mol. The zero-order valence-corrected chi connectivity index (χ0v) is 12.5. The molecule has 0 saturated heterocycles. The highest BCUT2D eigenvalue weighted by atomic mass is 35.5. The monoisotopic (exact) mass is 336 g/mol. The van der Waals surface area contributed by atoms with Crippen molar-refractivity contribution in [3.8, 4) is 0 Å². The van der Waals surface area contributed by atoms with Crippen LogP contribution >= 0.6 is 11.6 Å². The number of hydrogen-bond acceptors (Lipinski definition) is 2. The standard InChI is InChI=1S/C14H16ClF3N2O2/c1-22-11-6-10(7-11)19-13(21)20-12(14(16,17)18)8-2-4-9(15)5-3-8/h2-5,10-12H,6-7H2,1H3,(H2,19,20,21). The Morgan fingerprint density at radius 3 is 2.41 bits per heavy atom. The third-order valence-electron chi connectivity index (χ3n) is 3.57. The van der Waals surface area contributed by atoms with Gasteiger partial charge in [-0.15, -0.1) is 0 Å². The van der Waals surface area contributed by atoms with Gasteiger partial charge in [0, 0.05) is 18.2 Å². The van der Waals surface area contributed by atoms with Gasteiger partial charge in [0.1, 0.15) is 0 Å². The zero-order chi connectivity index (χ0) is 16.3. The topological polar surface area (TPSA) is 50.4 Å². The Morgan fingerprint density at radius 1 is 1.32 bits per heavy atom. The van der Waals surface area contributed by atoms with Crippen LogP contribution in [0.5, 0.6) is 0 Å². The van der Waals surface area contributed by atoms with Crippen molar-refractivity contribution in [2.45, 2.75) is 37.2 Å². The Balaban J connectivity index is 1.98. The highest BCUT2D eigenvalue weighted by Gasteiger charge is 2.42. The highest BCUT2D eigenvalue weighted by Crippen LogP contribution is 2.33. The molecule has 0 radical (unpaired) electrons. The molecule has 2 amide bonds. The number of nitrogens with one attached hydrogen (secondary N) is 2. The maximum Gasteiger partial charge on any atom is 0.412 e. The minimum absolute atomic E-state index is 0.0555. The Bertz CT molecular complexity index is 516. The van der Waals surface area contributed by atoms with Crippen molar-refractivity contribution >= 4 is 17.6 Å². The van der Waals surface area contributed by atoms with Gasteiger partial charge < -0.3 is 15.4 Å². The number of alkyl halides is 3. The van der Waals surface area contributed by atoms with E-state index in [2.05, 4.69) is 5.32 Å². The molecule has 2 N–H and O–H groups in total. The predicted octanol–water partition coefficient (Wildman–Crippen LogP) is 3.42. The van der Waals surface area contributed by atoms with E-state index < -0.39 is 18.2 Å². The van der Waals surface area contributed by atoms with Gasteiger partial charge in [-0.2, -0.15) is 13.2 Å². The summed E-state index contributed by atoms with van der Waals surface area (Å²) in [5.74, 6) is 0. The Hall–Kier alpha value is -1.47. The number of ether oxygens (including phenoxy) is 1. The van der Waals surface area contributed by atoms with Crippen LogP contribution in [0.3, 0.4) is 0 Å². The van der Waals surface area contributed by atoms with Gasteiger partial charge in [0.05, 0.1) is 6.10 Å². The Morgan fingerprint density at radius 2 is 1.91 bits per heavy atom. The minimum atomic E-state index is -4.60. The van der Waals surface area contributed by atoms with Gasteiger partial charge in [-0.25, -0.2) is 4.79 Å². The van der Waals surface area contributed by atoms with Crippen molar-refractivity contribution in [3.05, 3.63) is 34.9 Å². The largest absolute Gasteiger partial charge is 0.412 e. The first kappa shape index (κ1) is 16.9. The van der Waals surface area contributed by atoms with E-state index in [1.807, 2.05) is 5.32 Å². The molecule has 0 aliphatic heterocycles. The van der Waals surface area contributed by atoms with Crippen LogP contribution in [0.15, 0.2) is 24.3 Å². The quantitative estimate of drug-likeness (QED) is 0.885. The minimum Gasteiger partial charge on any atom is -0.381 e. The van der Waals surface area contributed by atoms with Crippen LogP contribution in [0.25, 0.3) is 0 Å². The molecule has 4 nitrogen and oxygen atoms in total. The molecule has 122 valence electrons. The lowest BCUT2D eigenvalue weighted by Gasteiger charge is -2.35. The number of halogens is 4. The molecule has 1 aromatic rings. The van der Waals surface area contributed by atoms with Gasteiger partial charge in [-0.1, -0.05) is 23.7 Å². The van der Waals surface area contributed by atoms with Crippen LogP contribution in [-0.4, -0.2) is 31.5 Å². The second kappa shape index (κ2) is 6.75. The highest BCUT2D eigenvalue weighted by molar-refractivity contribution is 6.30. The molecule has 1 fully saturated rings. The van der Waals surface area contributed by atoms with Crippen LogP contribution < -0.4 is 10.6 Å². The van der Waals surface area contributed by atoms with Gasteiger partial charge >= 0.3 is 12.2 Å². The number of urea groups is 1. The van der Waals surface area contributed by atoms with E-state index in [1.165, 1.54) is 24.3 Å². The summed E-state index contributed by atoms with van der Waals surface area (Å²) >= 11 is 5.67. The summed E-state index contributed by atoms with van der Waals surface area (Å²) in [5.41, 5.74) is -0.0737. The van der Waals surface area contributed by atoms with Gasteiger partial charge in [0.2, 0.25) is 0 Å². The van der Waals surface area contributed by atoms with Crippen molar-refractivity contribution in [2.75, 3.05) is 7.11 Å². The van der Waals surface area contributed by atoms with Gasteiger partial charge in [0.25, 0.3) is 0 Å². The molecular weight excluding hydrogens is 321 g/mol. The molecular formula is C14H16ClF3N2O2.